The molecular weight excluding hydrogens is 231 g/mol. The summed E-state index contributed by atoms with van der Waals surface area (Å²) >= 11 is 0. The number of carbonyl (C=O) groups excluding carboxylic acids is 1. The largest absolute Gasteiger partial charge is 0.342 e. The highest BCUT2D eigenvalue weighted by molar-refractivity contribution is 5.78. The molecule has 1 saturated heterocycles. The lowest BCUT2D eigenvalue weighted by Gasteiger charge is -2.32. The molecule has 0 spiro atoms. The number of hydrogen-bond acceptors (Lipinski definition) is 2. The van der Waals surface area contributed by atoms with Crippen LogP contribution in [0, 0.1) is 11.7 Å². The standard InChI is InChI=1S/C14H19FN2O/c15-13-5-1-3-11(7-13)8-14(18)17-6-2-4-12(9-16)10-17/h1,3,5,7,12H,2,4,6,8-10,16H2. The van der Waals surface area contributed by atoms with Crippen molar-refractivity contribution in [3.8, 4) is 0 Å². The van der Waals surface area contributed by atoms with E-state index >= 15 is 0 Å². The predicted molar refractivity (Wildman–Crippen MR) is 68.5 cm³/mol. The molecule has 1 unspecified atom stereocenters. The molecule has 0 aromatic heterocycles. The summed E-state index contributed by atoms with van der Waals surface area (Å²) in [4.78, 5) is 14.0. The number of hydrogen-bond donors (Lipinski definition) is 1. The fraction of sp³-hybridized carbons (Fsp3) is 0.500. The van der Waals surface area contributed by atoms with E-state index in [-0.39, 0.29) is 18.1 Å². The van der Waals surface area contributed by atoms with Gasteiger partial charge in [0.2, 0.25) is 5.91 Å². The van der Waals surface area contributed by atoms with Crippen molar-refractivity contribution in [2.24, 2.45) is 11.7 Å². The third-order valence-electron chi connectivity index (χ3n) is 3.45. The summed E-state index contributed by atoms with van der Waals surface area (Å²) in [6, 6.07) is 6.23. The minimum atomic E-state index is -0.293. The second-order valence-electron chi connectivity index (χ2n) is 4.89. The summed E-state index contributed by atoms with van der Waals surface area (Å²) in [5.74, 6) is 0.188. The number of nitrogens with zero attached hydrogens (tertiary/aromatic N) is 1. The Hall–Kier alpha value is -1.42. The molecule has 1 atom stereocenters. The van der Waals surface area contributed by atoms with E-state index in [1.165, 1.54) is 12.1 Å². The molecule has 1 aromatic rings. The highest BCUT2D eigenvalue weighted by atomic mass is 19.1. The molecule has 1 aliphatic rings. The van der Waals surface area contributed by atoms with Crippen LogP contribution in [0.15, 0.2) is 24.3 Å². The molecule has 1 fully saturated rings. The lowest BCUT2D eigenvalue weighted by atomic mass is 9.97. The van der Waals surface area contributed by atoms with Crippen molar-refractivity contribution < 1.29 is 9.18 Å². The first kappa shape index (κ1) is 13.0. The Morgan fingerprint density at radius 2 is 2.33 bits per heavy atom. The molecule has 18 heavy (non-hydrogen) atoms. The maximum Gasteiger partial charge on any atom is 0.227 e. The first-order chi connectivity index (χ1) is 8.69. The maximum absolute atomic E-state index is 13.0. The van der Waals surface area contributed by atoms with Gasteiger partial charge in [-0.2, -0.15) is 0 Å². The Kier molecular flexibility index (Phi) is 4.31. The maximum atomic E-state index is 13.0. The Labute approximate surface area is 107 Å². The third-order valence-corrected chi connectivity index (χ3v) is 3.45. The Morgan fingerprint density at radius 3 is 3.06 bits per heavy atom. The molecule has 3 nitrogen and oxygen atoms in total. The van der Waals surface area contributed by atoms with Crippen molar-refractivity contribution in [3.63, 3.8) is 0 Å². The van der Waals surface area contributed by atoms with Crippen LogP contribution in [0.5, 0.6) is 0 Å². The Morgan fingerprint density at radius 1 is 1.50 bits per heavy atom. The molecule has 0 saturated carbocycles. The smallest absolute Gasteiger partial charge is 0.227 e. The molecule has 1 heterocycles. The lowest BCUT2D eigenvalue weighted by Crippen LogP contribution is -2.42. The van der Waals surface area contributed by atoms with E-state index in [4.69, 9.17) is 5.73 Å². The third kappa shape index (κ3) is 3.29. The molecule has 4 heteroatoms. The number of likely N-dealkylation sites (tertiary alicyclic amines) is 1. The van der Waals surface area contributed by atoms with Crippen LogP contribution >= 0.6 is 0 Å². The van der Waals surface area contributed by atoms with E-state index in [9.17, 15) is 9.18 Å². The molecule has 0 aliphatic carbocycles. The average Bonchev–Trinajstić information content (AvgIpc) is 2.39. The molecule has 1 amide bonds. The zero-order chi connectivity index (χ0) is 13.0. The van der Waals surface area contributed by atoms with Gasteiger partial charge < -0.3 is 10.6 Å². The van der Waals surface area contributed by atoms with Crippen LogP contribution < -0.4 is 5.73 Å². The van der Waals surface area contributed by atoms with Gasteiger partial charge in [-0.15, -0.1) is 0 Å². The van der Waals surface area contributed by atoms with Gasteiger partial charge in [0, 0.05) is 13.1 Å². The van der Waals surface area contributed by atoms with E-state index < -0.39 is 0 Å². The summed E-state index contributed by atoms with van der Waals surface area (Å²) in [6.07, 6.45) is 2.38. The van der Waals surface area contributed by atoms with Crippen molar-refractivity contribution in [2.45, 2.75) is 19.3 Å². The molecular formula is C14H19FN2O. The normalized spacial score (nSPS) is 19.9. The fourth-order valence-electron chi connectivity index (χ4n) is 2.42. The second kappa shape index (κ2) is 5.96. The van der Waals surface area contributed by atoms with Gasteiger partial charge in [0.05, 0.1) is 6.42 Å². The van der Waals surface area contributed by atoms with E-state index in [1.807, 2.05) is 4.90 Å². The van der Waals surface area contributed by atoms with Gasteiger partial charge in [-0.3, -0.25) is 4.79 Å². The van der Waals surface area contributed by atoms with Crippen molar-refractivity contribution in [2.75, 3.05) is 19.6 Å². The number of benzene rings is 1. The second-order valence-corrected chi connectivity index (χ2v) is 4.89. The predicted octanol–water partition coefficient (Wildman–Crippen LogP) is 1.57. The van der Waals surface area contributed by atoms with Crippen LogP contribution in [0.25, 0.3) is 0 Å². The van der Waals surface area contributed by atoms with Gasteiger partial charge in [0.15, 0.2) is 0 Å². The minimum Gasteiger partial charge on any atom is -0.342 e. The van der Waals surface area contributed by atoms with Crippen molar-refractivity contribution in [1.82, 2.24) is 4.90 Å². The highest BCUT2D eigenvalue weighted by Gasteiger charge is 2.22. The quantitative estimate of drug-likeness (QED) is 0.885. The molecule has 98 valence electrons. The van der Waals surface area contributed by atoms with Gasteiger partial charge in [-0.25, -0.2) is 4.39 Å². The van der Waals surface area contributed by atoms with Gasteiger partial charge in [-0.1, -0.05) is 12.1 Å². The van der Waals surface area contributed by atoms with Gasteiger partial charge in [0.25, 0.3) is 0 Å². The van der Waals surface area contributed by atoms with Crippen molar-refractivity contribution in [1.29, 1.82) is 0 Å². The van der Waals surface area contributed by atoms with Crippen molar-refractivity contribution >= 4 is 5.91 Å². The number of amides is 1. The number of nitrogens with two attached hydrogens (primary N) is 1. The molecule has 0 radical (unpaired) electrons. The van der Waals surface area contributed by atoms with Crippen molar-refractivity contribution in [3.05, 3.63) is 35.6 Å². The summed E-state index contributed by atoms with van der Waals surface area (Å²) in [7, 11) is 0. The Bertz CT molecular complexity index is 422. The summed E-state index contributed by atoms with van der Waals surface area (Å²) in [5, 5.41) is 0. The fourth-order valence-corrected chi connectivity index (χ4v) is 2.42. The SMILES string of the molecule is NCC1CCCN(C(=O)Cc2cccc(F)c2)C1. The monoisotopic (exact) mass is 250 g/mol. The lowest BCUT2D eigenvalue weighted by molar-refractivity contribution is -0.132. The topological polar surface area (TPSA) is 46.3 Å². The summed E-state index contributed by atoms with van der Waals surface area (Å²) in [6.45, 7) is 2.17. The van der Waals surface area contributed by atoms with E-state index in [0.717, 1.165) is 31.5 Å². The van der Waals surface area contributed by atoms with Gasteiger partial charge in [0.1, 0.15) is 5.82 Å². The van der Waals surface area contributed by atoms with E-state index in [0.29, 0.717) is 12.5 Å². The minimum absolute atomic E-state index is 0.0683. The first-order valence-electron chi connectivity index (χ1n) is 6.41. The van der Waals surface area contributed by atoms with Gasteiger partial charge >= 0.3 is 0 Å². The van der Waals surface area contributed by atoms with Gasteiger partial charge in [-0.05, 0) is 43.0 Å². The first-order valence-corrected chi connectivity index (χ1v) is 6.41. The zero-order valence-corrected chi connectivity index (χ0v) is 10.4. The number of carbonyl (C=O) groups is 1. The van der Waals surface area contributed by atoms with E-state index in [2.05, 4.69) is 0 Å². The summed E-state index contributed by atoms with van der Waals surface area (Å²) < 4.78 is 13.0. The van der Waals surface area contributed by atoms with Crippen LogP contribution in [-0.4, -0.2) is 30.4 Å². The molecule has 2 N–H and O–H groups in total. The summed E-state index contributed by atoms with van der Waals surface area (Å²) in [5.41, 5.74) is 6.38. The van der Waals surface area contributed by atoms with Crippen LogP contribution in [-0.2, 0) is 11.2 Å². The van der Waals surface area contributed by atoms with Crippen LogP contribution in [0.3, 0.4) is 0 Å². The number of piperidine rings is 1. The van der Waals surface area contributed by atoms with Crippen LogP contribution in [0.4, 0.5) is 4.39 Å². The Balaban J connectivity index is 1.95. The van der Waals surface area contributed by atoms with Crippen LogP contribution in [0.1, 0.15) is 18.4 Å². The molecule has 1 aromatic carbocycles. The molecule has 1 aliphatic heterocycles. The highest BCUT2D eigenvalue weighted by Crippen LogP contribution is 2.16. The number of rotatable bonds is 3. The average molecular weight is 250 g/mol. The van der Waals surface area contributed by atoms with Crippen LogP contribution in [0.2, 0.25) is 0 Å². The zero-order valence-electron chi connectivity index (χ0n) is 10.4. The number of halogens is 1. The molecule has 0 bridgehead atoms. The molecule has 2 rings (SSSR count). The van der Waals surface area contributed by atoms with E-state index in [1.54, 1.807) is 12.1 Å².